The van der Waals surface area contributed by atoms with Crippen molar-refractivity contribution < 1.29 is 13.5 Å². The molecule has 0 aromatic heterocycles. The van der Waals surface area contributed by atoms with Crippen LogP contribution in [0.3, 0.4) is 0 Å². The van der Waals surface area contributed by atoms with Crippen LogP contribution in [0.2, 0.25) is 0 Å². The molecule has 0 aliphatic carbocycles. The number of hydrogen-bond donors (Lipinski definition) is 1. The van der Waals surface area contributed by atoms with Gasteiger partial charge in [0.15, 0.2) is 0 Å². The van der Waals surface area contributed by atoms with Gasteiger partial charge < -0.3 is 5.11 Å². The zero-order valence-electron chi connectivity index (χ0n) is 12.5. The summed E-state index contributed by atoms with van der Waals surface area (Å²) in [5.41, 5.74) is 2.62. The highest BCUT2D eigenvalue weighted by molar-refractivity contribution is 7.89. The molecule has 0 amide bonds. The summed E-state index contributed by atoms with van der Waals surface area (Å²) in [6.45, 7) is 7.99. The van der Waals surface area contributed by atoms with E-state index in [1.807, 2.05) is 39.8 Å². The van der Waals surface area contributed by atoms with Gasteiger partial charge in [0.2, 0.25) is 10.0 Å². The highest BCUT2D eigenvalue weighted by atomic mass is 32.2. The van der Waals surface area contributed by atoms with Gasteiger partial charge in [0, 0.05) is 6.54 Å². The second-order valence-corrected chi connectivity index (χ2v) is 7.69. The number of rotatable bonds is 3. The lowest BCUT2D eigenvalue weighted by molar-refractivity contribution is 0.191. The number of aliphatic hydroxyl groups is 1. The molecular weight excluding hydrogens is 274 g/mol. The van der Waals surface area contributed by atoms with Crippen molar-refractivity contribution in [1.29, 1.82) is 0 Å². The molecule has 0 spiro atoms. The number of aliphatic hydroxyl groups excluding tert-OH is 1. The van der Waals surface area contributed by atoms with Crippen molar-refractivity contribution >= 4 is 10.0 Å². The van der Waals surface area contributed by atoms with E-state index >= 15 is 0 Å². The van der Waals surface area contributed by atoms with Crippen LogP contribution in [-0.2, 0) is 10.0 Å². The lowest BCUT2D eigenvalue weighted by atomic mass is 10.0. The van der Waals surface area contributed by atoms with E-state index in [4.69, 9.17) is 0 Å². The minimum atomic E-state index is -3.54. The van der Waals surface area contributed by atoms with Crippen molar-refractivity contribution in [3.05, 3.63) is 28.8 Å². The summed E-state index contributed by atoms with van der Waals surface area (Å²) in [4.78, 5) is 0.399. The number of hydrogen-bond acceptors (Lipinski definition) is 3. The predicted octanol–water partition coefficient (Wildman–Crippen LogP) is 2.00. The van der Waals surface area contributed by atoms with E-state index in [1.54, 1.807) is 0 Å². The number of aryl methyl sites for hydroxylation is 3. The van der Waals surface area contributed by atoms with Crippen molar-refractivity contribution in [3.8, 4) is 0 Å². The quantitative estimate of drug-likeness (QED) is 0.928. The highest BCUT2D eigenvalue weighted by Gasteiger charge is 2.40. The molecule has 4 nitrogen and oxygen atoms in total. The second kappa shape index (κ2) is 5.47. The summed E-state index contributed by atoms with van der Waals surface area (Å²) < 4.78 is 27.3. The van der Waals surface area contributed by atoms with Crippen LogP contribution in [0.25, 0.3) is 0 Å². The fraction of sp³-hybridized carbons (Fsp3) is 0.600. The molecule has 112 valence electrons. The van der Waals surface area contributed by atoms with E-state index in [-0.39, 0.29) is 18.6 Å². The largest absolute Gasteiger partial charge is 0.395 e. The fourth-order valence-corrected chi connectivity index (χ4v) is 5.38. The van der Waals surface area contributed by atoms with Gasteiger partial charge in [0.05, 0.1) is 17.5 Å². The van der Waals surface area contributed by atoms with Crippen LogP contribution in [0.5, 0.6) is 0 Å². The Morgan fingerprint density at radius 1 is 1.25 bits per heavy atom. The van der Waals surface area contributed by atoms with E-state index in [2.05, 4.69) is 0 Å². The molecule has 1 heterocycles. The lowest BCUT2D eigenvalue weighted by Crippen LogP contribution is -2.40. The molecule has 5 heteroatoms. The first-order valence-electron chi connectivity index (χ1n) is 6.99. The van der Waals surface area contributed by atoms with Crippen molar-refractivity contribution in [2.45, 2.75) is 45.1 Å². The Morgan fingerprint density at radius 3 is 2.30 bits per heavy atom. The number of sulfonamides is 1. The Bertz CT molecular complexity index is 587. The molecular formula is C15H23NO3S. The third-order valence-corrected chi connectivity index (χ3v) is 6.42. The SMILES string of the molecule is Cc1cc(C)c(S(=O)(=O)N2CCC(C)C2CO)c(C)c1. The maximum Gasteiger partial charge on any atom is 0.243 e. The molecule has 20 heavy (non-hydrogen) atoms. The average molecular weight is 297 g/mol. The second-order valence-electron chi connectivity index (χ2n) is 5.86. The van der Waals surface area contributed by atoms with Gasteiger partial charge in [-0.25, -0.2) is 8.42 Å². The van der Waals surface area contributed by atoms with Gasteiger partial charge in [-0.1, -0.05) is 24.6 Å². The molecule has 0 radical (unpaired) electrons. The zero-order chi connectivity index (χ0) is 15.1. The van der Waals surface area contributed by atoms with E-state index in [9.17, 15) is 13.5 Å². The molecule has 1 fully saturated rings. The number of benzene rings is 1. The summed E-state index contributed by atoms with van der Waals surface area (Å²) >= 11 is 0. The average Bonchev–Trinajstić information content (AvgIpc) is 2.69. The van der Waals surface area contributed by atoms with Crippen LogP contribution in [0.15, 0.2) is 17.0 Å². The number of nitrogens with zero attached hydrogens (tertiary/aromatic N) is 1. The highest BCUT2D eigenvalue weighted by Crippen LogP contribution is 2.32. The smallest absolute Gasteiger partial charge is 0.243 e. The van der Waals surface area contributed by atoms with Gasteiger partial charge in [0.1, 0.15) is 0 Å². The van der Waals surface area contributed by atoms with Crippen molar-refractivity contribution in [2.24, 2.45) is 5.92 Å². The van der Waals surface area contributed by atoms with Crippen LogP contribution in [0.4, 0.5) is 0 Å². The normalized spacial score (nSPS) is 24.2. The van der Waals surface area contributed by atoms with Gasteiger partial charge in [-0.2, -0.15) is 4.31 Å². The Morgan fingerprint density at radius 2 is 1.80 bits per heavy atom. The fourth-order valence-electron chi connectivity index (χ4n) is 3.23. The molecule has 0 saturated carbocycles. The van der Waals surface area contributed by atoms with E-state index in [1.165, 1.54) is 4.31 Å². The molecule has 2 atom stereocenters. The van der Waals surface area contributed by atoms with Crippen LogP contribution in [0.1, 0.15) is 30.0 Å². The Labute approximate surface area is 121 Å². The third kappa shape index (κ3) is 2.50. The monoisotopic (exact) mass is 297 g/mol. The molecule has 1 N–H and O–H groups in total. The minimum absolute atomic E-state index is 0.121. The van der Waals surface area contributed by atoms with E-state index in [0.717, 1.165) is 23.1 Å². The molecule has 1 saturated heterocycles. The molecule has 2 rings (SSSR count). The first kappa shape index (κ1) is 15.5. The first-order chi connectivity index (χ1) is 9.28. The van der Waals surface area contributed by atoms with Gasteiger partial charge in [0.25, 0.3) is 0 Å². The predicted molar refractivity (Wildman–Crippen MR) is 79.2 cm³/mol. The Kier molecular flexibility index (Phi) is 4.23. The van der Waals surface area contributed by atoms with Crippen molar-refractivity contribution in [2.75, 3.05) is 13.2 Å². The molecule has 2 unspecified atom stereocenters. The summed E-state index contributed by atoms with van der Waals surface area (Å²) in [5.74, 6) is 0.195. The summed E-state index contributed by atoms with van der Waals surface area (Å²) in [7, 11) is -3.54. The Balaban J connectivity index is 2.51. The summed E-state index contributed by atoms with van der Waals surface area (Å²) in [6, 6.07) is 3.49. The zero-order valence-corrected chi connectivity index (χ0v) is 13.4. The molecule has 1 aromatic rings. The van der Waals surface area contributed by atoms with Gasteiger partial charge in [-0.15, -0.1) is 0 Å². The van der Waals surface area contributed by atoms with Gasteiger partial charge >= 0.3 is 0 Å². The molecule has 0 bridgehead atoms. The Hall–Kier alpha value is -0.910. The third-order valence-electron chi connectivity index (χ3n) is 4.19. The topological polar surface area (TPSA) is 57.6 Å². The molecule has 1 aromatic carbocycles. The van der Waals surface area contributed by atoms with Crippen LogP contribution >= 0.6 is 0 Å². The van der Waals surface area contributed by atoms with Crippen LogP contribution in [-0.4, -0.2) is 37.0 Å². The first-order valence-corrected chi connectivity index (χ1v) is 8.43. The van der Waals surface area contributed by atoms with Gasteiger partial charge in [-0.3, -0.25) is 0 Å². The van der Waals surface area contributed by atoms with Gasteiger partial charge in [-0.05, 0) is 44.2 Å². The summed E-state index contributed by atoms with van der Waals surface area (Å²) in [6.07, 6.45) is 0.800. The van der Waals surface area contributed by atoms with E-state index in [0.29, 0.717) is 11.4 Å². The molecule has 1 aliphatic rings. The van der Waals surface area contributed by atoms with Crippen LogP contribution < -0.4 is 0 Å². The maximum atomic E-state index is 12.9. The van der Waals surface area contributed by atoms with Crippen LogP contribution in [0, 0.1) is 26.7 Å². The lowest BCUT2D eigenvalue weighted by Gasteiger charge is -2.26. The van der Waals surface area contributed by atoms with E-state index < -0.39 is 10.0 Å². The maximum absolute atomic E-state index is 12.9. The molecule has 1 aliphatic heterocycles. The summed E-state index contributed by atoms with van der Waals surface area (Å²) in [5, 5.41) is 9.49. The standard InChI is InChI=1S/C15H23NO3S/c1-10-7-12(3)15(13(4)8-10)20(18,19)16-6-5-11(2)14(16)9-17/h7-8,11,14,17H,5-6,9H2,1-4H3. The van der Waals surface area contributed by atoms with Crippen molar-refractivity contribution in [3.63, 3.8) is 0 Å². The van der Waals surface area contributed by atoms with Crippen molar-refractivity contribution in [1.82, 2.24) is 4.31 Å². The minimum Gasteiger partial charge on any atom is -0.395 e.